The fourth-order valence-electron chi connectivity index (χ4n) is 5.50. The minimum absolute atomic E-state index is 0.103. The van der Waals surface area contributed by atoms with Gasteiger partial charge in [0.2, 0.25) is 0 Å². The molecule has 1 unspecified atom stereocenters. The maximum absolute atomic E-state index is 14.0. The number of benzene rings is 2. The van der Waals surface area contributed by atoms with Crippen LogP contribution in [0.25, 0.3) is 10.9 Å². The second-order valence-electron chi connectivity index (χ2n) is 11.2. The van der Waals surface area contributed by atoms with E-state index in [2.05, 4.69) is 4.90 Å². The van der Waals surface area contributed by atoms with E-state index in [1.54, 1.807) is 26.3 Å². The van der Waals surface area contributed by atoms with Crippen LogP contribution in [0.4, 0.5) is 13.6 Å². The highest BCUT2D eigenvalue weighted by atomic mass is 19.3. The first-order chi connectivity index (χ1) is 18.9. The maximum atomic E-state index is 14.0. The van der Waals surface area contributed by atoms with Gasteiger partial charge >= 0.3 is 12.1 Å². The fourth-order valence-corrected chi connectivity index (χ4v) is 5.50. The molecule has 3 aromatic rings. The standard InChI is InChI=1S/C31H38F2N2O5/c1-7-39-29(36)22-12-11-20(17-23(22)28(32)33)25-10-8-9-14-34(25)18-24-21-13-15-35(30(37)40-31(3,4)5)27(21)19(2)16-26(24)38-6/h11-13,15-17,25,28H,7-10,14,18H2,1-6H3. The molecule has 0 N–H and O–H groups in total. The van der Waals surface area contributed by atoms with Gasteiger partial charge in [-0.3, -0.25) is 9.47 Å². The quantitative estimate of drug-likeness (QED) is 0.279. The SMILES string of the molecule is CCOC(=O)c1ccc(C2CCCCN2Cc2c(OC)cc(C)c3c2ccn3C(=O)OC(C)(C)C)cc1C(F)F. The summed E-state index contributed by atoms with van der Waals surface area (Å²) < 4.78 is 46.0. The molecule has 7 nitrogen and oxygen atoms in total. The molecular weight excluding hydrogens is 518 g/mol. The van der Waals surface area contributed by atoms with Crippen LogP contribution >= 0.6 is 0 Å². The lowest BCUT2D eigenvalue weighted by molar-refractivity contribution is 0.0512. The molecule has 0 spiro atoms. The Labute approximate surface area is 234 Å². The van der Waals surface area contributed by atoms with Crippen molar-refractivity contribution in [3.8, 4) is 5.75 Å². The van der Waals surface area contributed by atoms with Crippen molar-refractivity contribution in [2.24, 2.45) is 0 Å². The summed E-state index contributed by atoms with van der Waals surface area (Å²) in [6.45, 7) is 10.4. The summed E-state index contributed by atoms with van der Waals surface area (Å²) in [7, 11) is 1.62. The molecule has 40 heavy (non-hydrogen) atoms. The maximum Gasteiger partial charge on any atom is 0.419 e. The fraction of sp³-hybridized carbons (Fsp3) is 0.484. The summed E-state index contributed by atoms with van der Waals surface area (Å²) in [4.78, 5) is 27.5. The molecule has 1 fully saturated rings. The number of hydrogen-bond donors (Lipinski definition) is 0. The van der Waals surface area contributed by atoms with E-state index in [1.807, 2.05) is 39.8 Å². The molecule has 1 aliphatic heterocycles. The molecule has 2 aromatic carbocycles. The molecule has 1 saturated heterocycles. The van der Waals surface area contributed by atoms with E-state index in [1.165, 1.54) is 16.7 Å². The molecule has 9 heteroatoms. The largest absolute Gasteiger partial charge is 0.496 e. The number of nitrogens with zero attached hydrogens (tertiary/aromatic N) is 2. The van der Waals surface area contributed by atoms with Gasteiger partial charge in [0.15, 0.2) is 0 Å². The van der Waals surface area contributed by atoms with Gasteiger partial charge in [0, 0.05) is 35.3 Å². The van der Waals surface area contributed by atoms with Crippen LogP contribution in [0, 0.1) is 6.92 Å². The second kappa shape index (κ2) is 12.0. The van der Waals surface area contributed by atoms with Crippen molar-refractivity contribution in [2.45, 2.75) is 78.5 Å². The van der Waals surface area contributed by atoms with E-state index in [-0.39, 0.29) is 23.8 Å². The van der Waals surface area contributed by atoms with Gasteiger partial charge in [0.1, 0.15) is 11.4 Å². The highest BCUT2D eigenvalue weighted by molar-refractivity contribution is 5.95. The van der Waals surface area contributed by atoms with Crippen LogP contribution in [-0.4, -0.2) is 47.4 Å². The number of likely N-dealkylation sites (tertiary alicyclic amines) is 1. The van der Waals surface area contributed by atoms with E-state index in [9.17, 15) is 18.4 Å². The molecular formula is C31H38F2N2O5. The number of methoxy groups -OCH3 is 1. The smallest absolute Gasteiger partial charge is 0.419 e. The number of aromatic nitrogens is 1. The van der Waals surface area contributed by atoms with Crippen LogP contribution in [0.2, 0.25) is 0 Å². The lowest BCUT2D eigenvalue weighted by Crippen LogP contribution is -2.33. The Morgan fingerprint density at radius 3 is 2.52 bits per heavy atom. The van der Waals surface area contributed by atoms with Gasteiger partial charge in [-0.1, -0.05) is 12.5 Å². The summed E-state index contributed by atoms with van der Waals surface area (Å²) in [6, 6.07) is 8.33. The van der Waals surface area contributed by atoms with Gasteiger partial charge in [0.05, 0.1) is 24.8 Å². The molecule has 0 bridgehead atoms. The highest BCUT2D eigenvalue weighted by Gasteiger charge is 2.29. The van der Waals surface area contributed by atoms with Gasteiger partial charge < -0.3 is 14.2 Å². The van der Waals surface area contributed by atoms with E-state index in [0.717, 1.165) is 53.4 Å². The third kappa shape index (κ3) is 6.14. The molecule has 0 radical (unpaired) electrons. The number of piperidine rings is 1. The van der Waals surface area contributed by atoms with Gasteiger partial charge in [-0.25, -0.2) is 18.4 Å². The number of fused-ring (bicyclic) bond motifs is 1. The molecule has 216 valence electrons. The van der Waals surface area contributed by atoms with Crippen LogP contribution in [0.5, 0.6) is 5.75 Å². The molecule has 0 saturated carbocycles. The zero-order valence-electron chi connectivity index (χ0n) is 24.1. The minimum Gasteiger partial charge on any atom is -0.496 e. The monoisotopic (exact) mass is 556 g/mol. The van der Waals surface area contributed by atoms with Crippen molar-refractivity contribution < 1.29 is 32.6 Å². The number of carbonyl (C=O) groups excluding carboxylic acids is 2. The minimum atomic E-state index is -2.80. The Morgan fingerprint density at radius 1 is 1.12 bits per heavy atom. The van der Waals surface area contributed by atoms with Crippen molar-refractivity contribution in [1.29, 1.82) is 0 Å². The van der Waals surface area contributed by atoms with Crippen molar-refractivity contribution in [1.82, 2.24) is 9.47 Å². The predicted molar refractivity (Wildman–Crippen MR) is 149 cm³/mol. The molecule has 1 aromatic heterocycles. The average molecular weight is 557 g/mol. The Bertz CT molecular complexity index is 1390. The van der Waals surface area contributed by atoms with E-state index < -0.39 is 24.1 Å². The van der Waals surface area contributed by atoms with E-state index >= 15 is 0 Å². The second-order valence-corrected chi connectivity index (χ2v) is 11.2. The first-order valence-electron chi connectivity index (χ1n) is 13.7. The van der Waals surface area contributed by atoms with Crippen molar-refractivity contribution in [3.05, 3.63) is 64.3 Å². The predicted octanol–water partition coefficient (Wildman–Crippen LogP) is 7.58. The Balaban J connectivity index is 1.73. The molecule has 1 atom stereocenters. The summed E-state index contributed by atoms with van der Waals surface area (Å²) in [6.07, 6.45) is 1.17. The van der Waals surface area contributed by atoms with Crippen LogP contribution in [0.15, 0.2) is 36.5 Å². The number of esters is 1. The number of halogens is 2. The van der Waals surface area contributed by atoms with Gasteiger partial charge in [-0.2, -0.15) is 0 Å². The first-order valence-corrected chi connectivity index (χ1v) is 13.7. The van der Waals surface area contributed by atoms with E-state index in [0.29, 0.717) is 12.3 Å². The Morgan fingerprint density at radius 2 is 1.88 bits per heavy atom. The van der Waals surface area contributed by atoms with Gasteiger partial charge in [-0.15, -0.1) is 0 Å². The third-order valence-electron chi connectivity index (χ3n) is 7.21. The summed E-state index contributed by atoms with van der Waals surface area (Å²) in [5.74, 6) is -0.0478. The lowest BCUT2D eigenvalue weighted by Gasteiger charge is -2.37. The summed E-state index contributed by atoms with van der Waals surface area (Å²) in [5.41, 5.74) is 2.21. The average Bonchev–Trinajstić information content (AvgIpc) is 3.35. The highest BCUT2D eigenvalue weighted by Crippen LogP contribution is 2.39. The van der Waals surface area contributed by atoms with Crippen LogP contribution < -0.4 is 4.74 Å². The van der Waals surface area contributed by atoms with Gasteiger partial charge in [0.25, 0.3) is 6.43 Å². The number of rotatable bonds is 7. The van der Waals surface area contributed by atoms with Crippen molar-refractivity contribution >= 4 is 23.0 Å². The number of alkyl halides is 2. The van der Waals surface area contributed by atoms with Crippen LogP contribution in [0.1, 0.15) is 92.0 Å². The van der Waals surface area contributed by atoms with Crippen molar-refractivity contribution in [3.63, 3.8) is 0 Å². The number of ether oxygens (including phenoxy) is 3. The third-order valence-corrected chi connectivity index (χ3v) is 7.21. The van der Waals surface area contributed by atoms with Crippen molar-refractivity contribution in [2.75, 3.05) is 20.3 Å². The molecule has 0 amide bonds. The zero-order chi connectivity index (χ0) is 29.2. The number of carbonyl (C=O) groups is 2. The van der Waals surface area contributed by atoms with E-state index in [4.69, 9.17) is 14.2 Å². The number of aryl methyl sites for hydroxylation is 1. The first kappa shape index (κ1) is 29.5. The molecule has 0 aliphatic carbocycles. The Hall–Kier alpha value is -3.46. The zero-order valence-corrected chi connectivity index (χ0v) is 24.1. The topological polar surface area (TPSA) is 70.0 Å². The van der Waals surface area contributed by atoms with Crippen LogP contribution in [-0.2, 0) is 16.0 Å². The molecule has 2 heterocycles. The number of hydrogen-bond acceptors (Lipinski definition) is 6. The summed E-state index contributed by atoms with van der Waals surface area (Å²) in [5, 5.41) is 0.873. The lowest BCUT2D eigenvalue weighted by atomic mass is 9.91. The van der Waals surface area contributed by atoms with Crippen LogP contribution in [0.3, 0.4) is 0 Å². The molecule has 1 aliphatic rings. The normalized spacial score (nSPS) is 16.4. The molecule has 4 rings (SSSR count). The van der Waals surface area contributed by atoms with Gasteiger partial charge in [-0.05, 0) is 89.4 Å². The summed E-state index contributed by atoms with van der Waals surface area (Å²) >= 11 is 0. The Kier molecular flexibility index (Phi) is 8.83.